The van der Waals surface area contributed by atoms with Crippen molar-refractivity contribution in [3.8, 4) is 0 Å². The maximum atomic E-state index is 13.1. The molecule has 2 amide bonds. The van der Waals surface area contributed by atoms with E-state index in [-0.39, 0.29) is 17.6 Å². The number of hydrogen-bond acceptors (Lipinski definition) is 3. The Morgan fingerprint density at radius 2 is 1.86 bits per heavy atom. The Morgan fingerprint density at radius 3 is 2.48 bits per heavy atom. The monoisotopic (exact) mass is 452 g/mol. The van der Waals surface area contributed by atoms with Gasteiger partial charge in [-0.05, 0) is 42.2 Å². The summed E-state index contributed by atoms with van der Waals surface area (Å²) in [7, 11) is 1.60. The molecular formula is C22H26Cl2N2O2S. The second-order valence-corrected chi connectivity index (χ2v) is 8.54. The Morgan fingerprint density at radius 1 is 1.14 bits per heavy atom. The van der Waals surface area contributed by atoms with E-state index in [0.717, 1.165) is 16.7 Å². The molecule has 0 aromatic heterocycles. The summed E-state index contributed by atoms with van der Waals surface area (Å²) in [5, 5.41) is 3.85. The first-order chi connectivity index (χ1) is 13.9. The van der Waals surface area contributed by atoms with Crippen LogP contribution in [0.2, 0.25) is 10.0 Å². The van der Waals surface area contributed by atoms with Gasteiger partial charge in [0.2, 0.25) is 11.8 Å². The molecule has 0 saturated carbocycles. The van der Waals surface area contributed by atoms with Crippen molar-refractivity contribution in [1.29, 1.82) is 0 Å². The number of aryl methyl sites for hydroxylation is 1. The highest BCUT2D eigenvalue weighted by atomic mass is 35.5. The molecule has 1 N–H and O–H groups in total. The maximum Gasteiger partial charge on any atom is 0.242 e. The van der Waals surface area contributed by atoms with E-state index in [2.05, 4.69) is 5.32 Å². The number of thioether (sulfide) groups is 1. The van der Waals surface area contributed by atoms with Gasteiger partial charge in [0.05, 0.1) is 5.75 Å². The number of carbonyl (C=O) groups excluding carboxylic acids is 2. The molecule has 156 valence electrons. The van der Waals surface area contributed by atoms with Gasteiger partial charge in [0.25, 0.3) is 0 Å². The molecule has 2 aromatic carbocycles. The van der Waals surface area contributed by atoms with Gasteiger partial charge >= 0.3 is 0 Å². The van der Waals surface area contributed by atoms with E-state index in [4.69, 9.17) is 23.2 Å². The molecule has 7 heteroatoms. The van der Waals surface area contributed by atoms with Crippen molar-refractivity contribution < 1.29 is 9.59 Å². The van der Waals surface area contributed by atoms with Crippen LogP contribution in [0.3, 0.4) is 0 Å². The lowest BCUT2D eigenvalue weighted by molar-refractivity contribution is -0.139. The normalized spacial score (nSPS) is 11.8. The topological polar surface area (TPSA) is 49.4 Å². The van der Waals surface area contributed by atoms with E-state index in [1.807, 2.05) is 44.2 Å². The predicted octanol–water partition coefficient (Wildman–Crippen LogP) is 5.09. The fourth-order valence-corrected chi connectivity index (χ4v) is 4.50. The minimum absolute atomic E-state index is 0.0706. The van der Waals surface area contributed by atoms with E-state index < -0.39 is 6.04 Å². The molecule has 0 bridgehead atoms. The predicted molar refractivity (Wildman–Crippen MR) is 122 cm³/mol. The van der Waals surface area contributed by atoms with Gasteiger partial charge in [-0.2, -0.15) is 0 Å². The van der Waals surface area contributed by atoms with Crippen molar-refractivity contribution in [3.63, 3.8) is 0 Å². The molecule has 4 nitrogen and oxygen atoms in total. The zero-order valence-corrected chi connectivity index (χ0v) is 19.2. The van der Waals surface area contributed by atoms with Crippen molar-refractivity contribution in [1.82, 2.24) is 10.2 Å². The highest BCUT2D eigenvalue weighted by Gasteiger charge is 2.28. The van der Waals surface area contributed by atoms with Crippen LogP contribution in [0.1, 0.15) is 30.0 Å². The molecule has 0 radical (unpaired) electrons. The van der Waals surface area contributed by atoms with Gasteiger partial charge < -0.3 is 10.2 Å². The van der Waals surface area contributed by atoms with E-state index in [9.17, 15) is 9.59 Å². The summed E-state index contributed by atoms with van der Waals surface area (Å²) in [4.78, 5) is 27.2. The number of nitrogens with zero attached hydrogens (tertiary/aromatic N) is 1. The van der Waals surface area contributed by atoms with Crippen molar-refractivity contribution in [2.75, 3.05) is 12.8 Å². The minimum Gasteiger partial charge on any atom is -0.357 e. The summed E-state index contributed by atoms with van der Waals surface area (Å²) >= 11 is 13.6. The second-order valence-electron chi connectivity index (χ2n) is 6.71. The first kappa shape index (κ1) is 23.6. The van der Waals surface area contributed by atoms with Gasteiger partial charge in [0.15, 0.2) is 0 Å². The number of halogens is 2. The lowest BCUT2D eigenvalue weighted by Crippen LogP contribution is -2.48. The Balaban J connectivity index is 2.12. The first-order valence-corrected chi connectivity index (χ1v) is 11.4. The third-order valence-corrected chi connectivity index (χ3v) is 6.29. The Bertz CT molecular complexity index is 860. The largest absolute Gasteiger partial charge is 0.357 e. The fraction of sp³-hybridized carbons (Fsp3) is 0.364. The molecule has 1 atom stereocenters. The molecular weight excluding hydrogens is 427 g/mol. The van der Waals surface area contributed by atoms with Crippen LogP contribution in [0.5, 0.6) is 0 Å². The third-order valence-electron chi connectivity index (χ3n) is 4.73. The van der Waals surface area contributed by atoms with Crippen molar-refractivity contribution in [3.05, 3.63) is 69.2 Å². The summed E-state index contributed by atoms with van der Waals surface area (Å²) in [6.07, 6.45) is 0.547. The smallest absolute Gasteiger partial charge is 0.242 e. The zero-order chi connectivity index (χ0) is 21.4. The summed E-state index contributed by atoms with van der Waals surface area (Å²) in [6, 6.07) is 12.8. The van der Waals surface area contributed by atoms with Crippen LogP contribution in [-0.4, -0.2) is 35.6 Å². The average molecular weight is 453 g/mol. The van der Waals surface area contributed by atoms with E-state index in [1.54, 1.807) is 24.1 Å². The summed E-state index contributed by atoms with van der Waals surface area (Å²) in [5.74, 6) is 0.633. The summed E-state index contributed by atoms with van der Waals surface area (Å²) in [5.41, 5.74) is 3.06. The maximum absolute atomic E-state index is 13.1. The Labute approximate surface area is 187 Å². The van der Waals surface area contributed by atoms with Crippen LogP contribution in [0.15, 0.2) is 42.5 Å². The van der Waals surface area contributed by atoms with Crippen LogP contribution in [-0.2, 0) is 21.9 Å². The Kier molecular flexibility index (Phi) is 9.34. The van der Waals surface area contributed by atoms with Gasteiger partial charge in [-0.1, -0.05) is 60.5 Å². The molecule has 0 spiro atoms. The molecule has 0 heterocycles. The Hall–Kier alpha value is -1.69. The number of amides is 2. The molecule has 0 aliphatic carbocycles. The van der Waals surface area contributed by atoms with E-state index in [0.29, 0.717) is 28.8 Å². The number of benzene rings is 2. The summed E-state index contributed by atoms with van der Waals surface area (Å²) < 4.78 is 0. The minimum atomic E-state index is -0.508. The van der Waals surface area contributed by atoms with Gasteiger partial charge in [0.1, 0.15) is 6.04 Å². The molecule has 0 saturated heterocycles. The van der Waals surface area contributed by atoms with Crippen LogP contribution < -0.4 is 5.32 Å². The number of rotatable bonds is 9. The highest BCUT2D eigenvalue weighted by Crippen LogP contribution is 2.25. The number of hydrogen-bond donors (Lipinski definition) is 1. The van der Waals surface area contributed by atoms with Crippen LogP contribution in [0.4, 0.5) is 0 Å². The van der Waals surface area contributed by atoms with Crippen LogP contribution in [0, 0.1) is 6.92 Å². The first-order valence-electron chi connectivity index (χ1n) is 9.44. The molecule has 2 rings (SSSR count). The number of nitrogens with one attached hydrogen (secondary N) is 1. The molecule has 0 fully saturated rings. The third kappa shape index (κ3) is 6.66. The van der Waals surface area contributed by atoms with E-state index >= 15 is 0 Å². The zero-order valence-electron chi connectivity index (χ0n) is 16.9. The van der Waals surface area contributed by atoms with Crippen LogP contribution >= 0.6 is 35.0 Å². The van der Waals surface area contributed by atoms with Gasteiger partial charge in [0, 0.05) is 29.4 Å². The van der Waals surface area contributed by atoms with Gasteiger partial charge in [-0.25, -0.2) is 0 Å². The number of carbonyl (C=O) groups is 2. The lowest BCUT2D eigenvalue weighted by atomic mass is 10.1. The molecule has 0 aliphatic heterocycles. The van der Waals surface area contributed by atoms with Gasteiger partial charge in [-0.3, -0.25) is 9.59 Å². The lowest BCUT2D eigenvalue weighted by Gasteiger charge is -2.30. The molecule has 29 heavy (non-hydrogen) atoms. The van der Waals surface area contributed by atoms with Crippen LogP contribution in [0.25, 0.3) is 0 Å². The average Bonchev–Trinajstić information content (AvgIpc) is 2.70. The van der Waals surface area contributed by atoms with E-state index in [1.165, 1.54) is 11.8 Å². The fourth-order valence-electron chi connectivity index (χ4n) is 3.03. The number of likely N-dealkylation sites (N-methyl/N-ethyl adjacent to an activating group) is 1. The van der Waals surface area contributed by atoms with Gasteiger partial charge in [-0.15, -0.1) is 11.8 Å². The second kappa shape index (κ2) is 11.5. The highest BCUT2D eigenvalue weighted by molar-refractivity contribution is 7.99. The molecule has 2 aromatic rings. The van der Waals surface area contributed by atoms with Crippen molar-refractivity contribution in [2.24, 2.45) is 0 Å². The van der Waals surface area contributed by atoms with Crippen molar-refractivity contribution >= 4 is 46.8 Å². The molecule has 0 aliphatic rings. The van der Waals surface area contributed by atoms with Crippen molar-refractivity contribution in [2.45, 2.75) is 38.6 Å². The summed E-state index contributed by atoms with van der Waals surface area (Å²) in [6.45, 7) is 4.33. The molecule has 0 unspecified atom stereocenters. The SMILES string of the molecule is CC[C@@H](C(=O)NC)N(Cc1ccccc1C)C(=O)CSCc1ccc(Cl)cc1Cl. The standard InChI is InChI=1S/C22H26Cl2N2O2S/c1-4-20(22(28)25-3)26(12-16-8-6-5-7-15(16)2)21(27)14-29-13-17-9-10-18(23)11-19(17)24/h5-11,20H,4,12-14H2,1-3H3,(H,25,28)/t20-/m0/s1. The quantitative estimate of drug-likeness (QED) is 0.576.